The van der Waals surface area contributed by atoms with Crippen LogP contribution in [0, 0.1) is 19.7 Å². The second kappa shape index (κ2) is 11.0. The maximum Gasteiger partial charge on any atom is 0.412 e. The van der Waals surface area contributed by atoms with Crippen LogP contribution in [0.3, 0.4) is 0 Å². The van der Waals surface area contributed by atoms with Gasteiger partial charge in [0, 0.05) is 17.7 Å². The van der Waals surface area contributed by atoms with E-state index in [4.69, 9.17) is 9.47 Å². The molecule has 1 N–H and O–H groups in total. The molecule has 0 unspecified atom stereocenters. The summed E-state index contributed by atoms with van der Waals surface area (Å²) in [7, 11) is 0. The number of rotatable bonds is 8. The molecule has 0 aliphatic rings. The van der Waals surface area contributed by atoms with Gasteiger partial charge in [0.1, 0.15) is 16.9 Å². The van der Waals surface area contributed by atoms with Gasteiger partial charge in [-0.2, -0.15) is 0 Å². The number of aromatic nitrogens is 5. The monoisotopic (exact) mass is 562 g/mol. The Hall–Kier alpha value is -4.45. The van der Waals surface area contributed by atoms with Gasteiger partial charge in [0.05, 0.1) is 58.2 Å². The van der Waals surface area contributed by atoms with E-state index in [0.717, 1.165) is 16.0 Å². The Morgan fingerprint density at radius 1 is 1.05 bits per heavy atom. The quantitative estimate of drug-likeness (QED) is 0.236. The average molecular weight is 563 g/mol. The number of ether oxygens (including phenoxy) is 2. The van der Waals surface area contributed by atoms with E-state index in [1.54, 1.807) is 33.0 Å². The van der Waals surface area contributed by atoms with Crippen molar-refractivity contribution in [3.8, 4) is 22.2 Å². The Balaban J connectivity index is 1.45. The summed E-state index contributed by atoms with van der Waals surface area (Å²) in [6.07, 6.45) is 2.55. The van der Waals surface area contributed by atoms with E-state index in [2.05, 4.69) is 24.9 Å². The lowest BCUT2D eigenvalue weighted by Crippen LogP contribution is -2.46. The number of amides is 1. The van der Waals surface area contributed by atoms with E-state index in [-0.39, 0.29) is 5.75 Å². The van der Waals surface area contributed by atoms with Crippen LogP contribution in [0.2, 0.25) is 0 Å². The van der Waals surface area contributed by atoms with Gasteiger partial charge in [-0.25, -0.2) is 34.1 Å². The summed E-state index contributed by atoms with van der Waals surface area (Å²) in [6, 6.07) is 6.14. The van der Waals surface area contributed by atoms with Crippen molar-refractivity contribution in [2.75, 3.05) is 11.5 Å². The minimum atomic E-state index is -1.19. The van der Waals surface area contributed by atoms with Crippen molar-refractivity contribution in [1.82, 2.24) is 24.9 Å². The molecule has 0 aliphatic heterocycles. The molecule has 0 saturated carbocycles. The standard InChI is InChI=1S/C28H27FN6O4S/c1-6-38-25-13-32-26-19(7-14(2)8-22(26)33-25)27-34-21-9-20(29)23(10-24(21)40-27)39-16(4)15(3)35(28(36)37)18-11-30-17(5)31-12-18/h7-13,15-16H,6H2,1-5H3,(H,36,37)/t15-,16+/m1/s1. The van der Waals surface area contributed by atoms with Crippen LogP contribution in [0.25, 0.3) is 31.8 Å². The van der Waals surface area contributed by atoms with Crippen LogP contribution in [0.4, 0.5) is 14.9 Å². The fourth-order valence-corrected chi connectivity index (χ4v) is 5.30. The molecule has 1 amide bonds. The molecule has 12 heteroatoms. The van der Waals surface area contributed by atoms with Crippen LogP contribution in [0.15, 0.2) is 42.9 Å². The van der Waals surface area contributed by atoms with E-state index in [0.29, 0.717) is 50.3 Å². The maximum atomic E-state index is 15.2. The fourth-order valence-electron chi connectivity index (χ4n) is 4.30. The molecule has 2 aromatic carbocycles. The summed E-state index contributed by atoms with van der Waals surface area (Å²) in [5, 5.41) is 10.5. The molecule has 3 aromatic heterocycles. The zero-order chi connectivity index (χ0) is 28.6. The molecule has 5 aromatic rings. The van der Waals surface area contributed by atoms with Crippen molar-refractivity contribution in [3.63, 3.8) is 0 Å². The van der Waals surface area contributed by atoms with Crippen LogP contribution >= 0.6 is 11.3 Å². The van der Waals surface area contributed by atoms with Crippen LogP contribution in [-0.4, -0.2) is 54.9 Å². The van der Waals surface area contributed by atoms with Gasteiger partial charge >= 0.3 is 6.09 Å². The maximum absolute atomic E-state index is 15.2. The zero-order valence-electron chi connectivity index (χ0n) is 22.5. The highest BCUT2D eigenvalue weighted by Gasteiger charge is 2.29. The minimum absolute atomic E-state index is 0.00259. The van der Waals surface area contributed by atoms with Gasteiger partial charge in [0.15, 0.2) is 11.6 Å². The van der Waals surface area contributed by atoms with Gasteiger partial charge in [0.25, 0.3) is 0 Å². The third kappa shape index (κ3) is 5.34. The highest BCUT2D eigenvalue weighted by Crippen LogP contribution is 2.37. The van der Waals surface area contributed by atoms with Gasteiger partial charge in [-0.3, -0.25) is 4.90 Å². The number of hydrogen-bond acceptors (Lipinski definition) is 9. The number of halogens is 1. The number of carbonyl (C=O) groups is 1. The molecule has 10 nitrogen and oxygen atoms in total. The normalized spacial score (nSPS) is 12.8. The lowest BCUT2D eigenvalue weighted by molar-refractivity contribution is 0.167. The summed E-state index contributed by atoms with van der Waals surface area (Å²) in [5.41, 5.74) is 3.88. The van der Waals surface area contributed by atoms with Crippen LogP contribution < -0.4 is 14.4 Å². The Bertz CT molecular complexity index is 1710. The minimum Gasteiger partial charge on any atom is -0.485 e. The van der Waals surface area contributed by atoms with E-state index in [9.17, 15) is 9.90 Å². The molecule has 2 atom stereocenters. The first-order valence-electron chi connectivity index (χ1n) is 12.6. The molecular weight excluding hydrogens is 535 g/mol. The third-order valence-electron chi connectivity index (χ3n) is 6.38. The van der Waals surface area contributed by atoms with Crippen molar-refractivity contribution in [2.45, 2.75) is 46.8 Å². The summed E-state index contributed by atoms with van der Waals surface area (Å²) < 4.78 is 27.3. The van der Waals surface area contributed by atoms with Gasteiger partial charge in [-0.05, 0) is 52.3 Å². The molecule has 0 radical (unpaired) electrons. The molecule has 0 spiro atoms. The number of anilines is 1. The largest absolute Gasteiger partial charge is 0.485 e. The molecular formula is C28H27FN6O4S. The second-order valence-electron chi connectivity index (χ2n) is 9.30. The highest BCUT2D eigenvalue weighted by molar-refractivity contribution is 7.21. The number of carboxylic acid groups (broad SMARTS) is 1. The number of fused-ring (bicyclic) bond motifs is 2. The SMILES string of the molecule is CCOc1cnc2c(-c3nc4cc(F)c(O[C@@H](C)[C@@H](C)N(C(=O)O)c5cnc(C)nc5)cc4s3)cc(C)cc2n1. The molecule has 5 rings (SSSR count). The van der Waals surface area contributed by atoms with E-state index >= 15 is 4.39 Å². The summed E-state index contributed by atoms with van der Waals surface area (Å²) in [4.78, 5) is 35.1. The van der Waals surface area contributed by atoms with Gasteiger partial charge in [0.2, 0.25) is 5.88 Å². The van der Waals surface area contributed by atoms with Gasteiger partial charge in [-0.15, -0.1) is 11.3 Å². The Morgan fingerprint density at radius 2 is 1.80 bits per heavy atom. The van der Waals surface area contributed by atoms with Crippen molar-refractivity contribution in [2.24, 2.45) is 0 Å². The first-order chi connectivity index (χ1) is 19.1. The van der Waals surface area contributed by atoms with E-state index < -0.39 is 24.1 Å². The summed E-state index contributed by atoms with van der Waals surface area (Å²) in [5.74, 6) is 0.368. The third-order valence-corrected chi connectivity index (χ3v) is 7.44. The van der Waals surface area contributed by atoms with Crippen molar-refractivity contribution in [3.05, 3.63) is 60.1 Å². The van der Waals surface area contributed by atoms with Gasteiger partial charge < -0.3 is 14.6 Å². The predicted octanol–water partition coefficient (Wildman–Crippen LogP) is 6.19. The Morgan fingerprint density at radius 3 is 2.50 bits per heavy atom. The van der Waals surface area contributed by atoms with Crippen LogP contribution in [0.1, 0.15) is 32.2 Å². The second-order valence-corrected chi connectivity index (χ2v) is 10.3. The molecule has 206 valence electrons. The lowest BCUT2D eigenvalue weighted by Gasteiger charge is -2.30. The lowest BCUT2D eigenvalue weighted by atomic mass is 10.1. The van der Waals surface area contributed by atoms with E-state index in [1.165, 1.54) is 29.8 Å². The highest BCUT2D eigenvalue weighted by atomic mass is 32.1. The van der Waals surface area contributed by atoms with Crippen LogP contribution in [-0.2, 0) is 0 Å². The predicted molar refractivity (Wildman–Crippen MR) is 151 cm³/mol. The van der Waals surface area contributed by atoms with E-state index in [1.807, 2.05) is 26.0 Å². The summed E-state index contributed by atoms with van der Waals surface area (Å²) >= 11 is 1.38. The zero-order valence-corrected chi connectivity index (χ0v) is 23.4. The molecule has 3 heterocycles. The fraction of sp³-hybridized carbons (Fsp3) is 0.286. The Kier molecular flexibility index (Phi) is 7.44. The number of benzene rings is 2. The molecule has 0 saturated heterocycles. The Labute approximate surface area is 233 Å². The molecule has 0 fully saturated rings. The van der Waals surface area contributed by atoms with Crippen molar-refractivity contribution >= 4 is 44.4 Å². The number of thiazole rings is 1. The number of aryl methyl sites for hydroxylation is 2. The van der Waals surface area contributed by atoms with Gasteiger partial charge in [-0.1, -0.05) is 0 Å². The number of nitrogens with zero attached hydrogens (tertiary/aromatic N) is 6. The number of hydrogen-bond donors (Lipinski definition) is 1. The van der Waals surface area contributed by atoms with Crippen LogP contribution in [0.5, 0.6) is 11.6 Å². The average Bonchev–Trinajstić information content (AvgIpc) is 3.31. The van der Waals surface area contributed by atoms with Crippen molar-refractivity contribution in [1.29, 1.82) is 0 Å². The summed E-state index contributed by atoms with van der Waals surface area (Å²) in [6.45, 7) is 9.41. The molecule has 0 bridgehead atoms. The van der Waals surface area contributed by atoms with Crippen molar-refractivity contribution < 1.29 is 23.8 Å². The molecule has 40 heavy (non-hydrogen) atoms. The first-order valence-corrected chi connectivity index (χ1v) is 13.4. The molecule has 0 aliphatic carbocycles. The smallest absolute Gasteiger partial charge is 0.412 e. The first kappa shape index (κ1) is 27.1. The topological polar surface area (TPSA) is 123 Å².